The quantitative estimate of drug-likeness (QED) is 0.674. The topological polar surface area (TPSA) is 110 Å². The molecule has 4 N–H and O–H groups in total. The lowest BCUT2D eigenvalue weighted by Gasteiger charge is -2.16. The van der Waals surface area contributed by atoms with Crippen molar-refractivity contribution in [1.82, 2.24) is 20.2 Å². The second-order valence-electron chi connectivity index (χ2n) is 6.50. The third kappa shape index (κ3) is 2.92. The minimum Gasteiger partial charge on any atom is -0.383 e. The van der Waals surface area contributed by atoms with Crippen LogP contribution in [0.2, 0.25) is 0 Å². The number of H-pyrrole nitrogens is 1. The van der Waals surface area contributed by atoms with E-state index in [1.54, 1.807) is 12.4 Å². The molecule has 0 saturated carbocycles. The van der Waals surface area contributed by atoms with Crippen molar-refractivity contribution in [3.05, 3.63) is 53.0 Å². The van der Waals surface area contributed by atoms with Crippen molar-refractivity contribution in [1.29, 1.82) is 0 Å². The number of anilines is 2. The first-order valence-corrected chi connectivity index (χ1v) is 8.68. The Morgan fingerprint density at radius 1 is 1.23 bits per heavy atom. The van der Waals surface area contributed by atoms with Crippen molar-refractivity contribution in [2.45, 2.75) is 32.6 Å². The average Bonchev–Trinajstić information content (AvgIpc) is 3.02. The SMILES string of the molecule is Cc1c(NC(=O)c2cc3c(nc2N)CCCC3)n[nH]c1-c1ccncc1. The van der Waals surface area contributed by atoms with E-state index in [0.29, 0.717) is 11.4 Å². The normalized spacial score (nSPS) is 13.3. The predicted molar refractivity (Wildman–Crippen MR) is 99.8 cm³/mol. The van der Waals surface area contributed by atoms with E-state index in [4.69, 9.17) is 5.73 Å². The lowest BCUT2D eigenvalue weighted by Crippen LogP contribution is -2.18. The van der Waals surface area contributed by atoms with E-state index in [1.165, 1.54) is 0 Å². The van der Waals surface area contributed by atoms with Crippen molar-refractivity contribution in [2.24, 2.45) is 0 Å². The van der Waals surface area contributed by atoms with E-state index in [-0.39, 0.29) is 11.7 Å². The van der Waals surface area contributed by atoms with E-state index in [0.717, 1.165) is 53.8 Å². The van der Waals surface area contributed by atoms with Gasteiger partial charge in [-0.3, -0.25) is 14.9 Å². The maximum atomic E-state index is 12.7. The van der Waals surface area contributed by atoms with Crippen LogP contribution >= 0.6 is 0 Å². The molecule has 0 fully saturated rings. The van der Waals surface area contributed by atoms with Gasteiger partial charge < -0.3 is 11.1 Å². The Balaban J connectivity index is 1.60. The number of carbonyl (C=O) groups excluding carboxylic acids is 1. The van der Waals surface area contributed by atoms with E-state index >= 15 is 0 Å². The Morgan fingerprint density at radius 2 is 2.00 bits per heavy atom. The highest BCUT2D eigenvalue weighted by atomic mass is 16.1. The number of nitrogens with zero attached hydrogens (tertiary/aromatic N) is 3. The maximum absolute atomic E-state index is 12.7. The van der Waals surface area contributed by atoms with Gasteiger partial charge in [0.25, 0.3) is 5.91 Å². The van der Waals surface area contributed by atoms with Crippen LogP contribution in [0.25, 0.3) is 11.3 Å². The number of aromatic nitrogens is 4. The standard InChI is InChI=1S/C19H20N6O/c1-11-16(12-6-8-21-9-7-12)24-25-18(11)23-19(26)14-10-13-4-2-3-5-15(13)22-17(14)20/h6-10H,2-5H2,1H3,(H2,20,22)(H2,23,24,25,26). The molecule has 0 atom stereocenters. The number of hydrogen-bond acceptors (Lipinski definition) is 5. The third-order valence-corrected chi connectivity index (χ3v) is 4.79. The van der Waals surface area contributed by atoms with Crippen molar-refractivity contribution in [2.75, 3.05) is 11.1 Å². The molecule has 0 aromatic carbocycles. The van der Waals surface area contributed by atoms with Crippen molar-refractivity contribution >= 4 is 17.5 Å². The van der Waals surface area contributed by atoms with Crippen LogP contribution in [0, 0.1) is 6.92 Å². The highest BCUT2D eigenvalue weighted by Gasteiger charge is 2.20. The van der Waals surface area contributed by atoms with E-state index < -0.39 is 0 Å². The zero-order chi connectivity index (χ0) is 18.1. The van der Waals surface area contributed by atoms with Gasteiger partial charge >= 0.3 is 0 Å². The fourth-order valence-corrected chi connectivity index (χ4v) is 3.33. The lowest BCUT2D eigenvalue weighted by molar-refractivity contribution is 0.102. The van der Waals surface area contributed by atoms with Gasteiger partial charge in [0.15, 0.2) is 5.82 Å². The molecule has 1 amide bonds. The van der Waals surface area contributed by atoms with Crippen LogP contribution in [0.15, 0.2) is 30.6 Å². The molecule has 26 heavy (non-hydrogen) atoms. The van der Waals surface area contributed by atoms with Gasteiger partial charge in [-0.1, -0.05) is 0 Å². The Kier molecular flexibility index (Phi) is 4.12. The fraction of sp³-hybridized carbons (Fsp3) is 0.263. The molecule has 4 rings (SSSR count). The van der Waals surface area contributed by atoms with Crippen LogP contribution < -0.4 is 11.1 Å². The summed E-state index contributed by atoms with van der Waals surface area (Å²) in [6.45, 7) is 1.91. The Bertz CT molecular complexity index is 964. The van der Waals surface area contributed by atoms with Gasteiger partial charge in [-0.2, -0.15) is 5.10 Å². The summed E-state index contributed by atoms with van der Waals surface area (Å²) in [5.74, 6) is 0.462. The zero-order valence-corrected chi connectivity index (χ0v) is 14.5. The number of pyridine rings is 2. The molecular weight excluding hydrogens is 328 g/mol. The summed E-state index contributed by atoms with van der Waals surface area (Å²) in [7, 11) is 0. The van der Waals surface area contributed by atoms with Crippen LogP contribution in [0.3, 0.4) is 0 Å². The lowest BCUT2D eigenvalue weighted by atomic mass is 9.94. The van der Waals surface area contributed by atoms with E-state index in [9.17, 15) is 4.79 Å². The summed E-state index contributed by atoms with van der Waals surface area (Å²) < 4.78 is 0. The minimum absolute atomic E-state index is 0.269. The number of aromatic amines is 1. The van der Waals surface area contributed by atoms with Crippen molar-refractivity contribution in [3.63, 3.8) is 0 Å². The van der Waals surface area contributed by atoms with Gasteiger partial charge in [-0.15, -0.1) is 0 Å². The summed E-state index contributed by atoms with van der Waals surface area (Å²) in [6, 6.07) is 5.65. The molecule has 1 aliphatic carbocycles. The first kappa shape index (κ1) is 16.3. The Hall–Kier alpha value is -3.22. The van der Waals surface area contributed by atoms with Crippen LogP contribution in [0.1, 0.15) is 40.0 Å². The second kappa shape index (κ2) is 6.59. The van der Waals surface area contributed by atoms with Gasteiger partial charge in [0.05, 0.1) is 11.3 Å². The largest absolute Gasteiger partial charge is 0.383 e. The van der Waals surface area contributed by atoms with Crippen LogP contribution in [-0.2, 0) is 12.8 Å². The molecule has 0 aliphatic heterocycles. The number of hydrogen-bond donors (Lipinski definition) is 3. The van der Waals surface area contributed by atoms with Gasteiger partial charge in [-0.05, 0) is 56.4 Å². The van der Waals surface area contributed by atoms with Gasteiger partial charge in [0.1, 0.15) is 5.82 Å². The van der Waals surface area contributed by atoms with E-state index in [2.05, 4.69) is 25.5 Å². The molecule has 0 bridgehead atoms. The molecule has 1 aliphatic rings. The molecule has 3 aromatic heterocycles. The molecule has 3 aromatic rings. The smallest absolute Gasteiger partial charge is 0.260 e. The first-order chi connectivity index (χ1) is 12.6. The predicted octanol–water partition coefficient (Wildman–Crippen LogP) is 2.89. The molecule has 0 saturated heterocycles. The van der Waals surface area contributed by atoms with Gasteiger partial charge in [0.2, 0.25) is 0 Å². The summed E-state index contributed by atoms with van der Waals surface area (Å²) in [5.41, 5.74) is 11.2. The average molecular weight is 348 g/mol. The monoisotopic (exact) mass is 348 g/mol. The fourth-order valence-electron chi connectivity index (χ4n) is 3.33. The Morgan fingerprint density at radius 3 is 2.81 bits per heavy atom. The summed E-state index contributed by atoms with van der Waals surface area (Å²) in [5, 5.41) is 10.1. The van der Waals surface area contributed by atoms with Crippen molar-refractivity contribution in [3.8, 4) is 11.3 Å². The van der Waals surface area contributed by atoms with Gasteiger partial charge in [0, 0.05) is 29.2 Å². The number of fused-ring (bicyclic) bond motifs is 1. The number of nitrogens with one attached hydrogen (secondary N) is 2. The molecule has 132 valence electrons. The van der Waals surface area contributed by atoms with Gasteiger partial charge in [-0.25, -0.2) is 4.98 Å². The van der Waals surface area contributed by atoms with E-state index in [1.807, 2.05) is 25.1 Å². The molecule has 0 spiro atoms. The summed E-state index contributed by atoms with van der Waals surface area (Å²) in [6.07, 6.45) is 7.54. The highest BCUT2D eigenvalue weighted by molar-refractivity contribution is 6.07. The minimum atomic E-state index is -0.292. The molecule has 7 nitrogen and oxygen atoms in total. The van der Waals surface area contributed by atoms with Crippen LogP contribution in [0.5, 0.6) is 0 Å². The number of aryl methyl sites for hydroxylation is 2. The molecule has 3 heterocycles. The van der Waals surface area contributed by atoms with Crippen LogP contribution in [-0.4, -0.2) is 26.1 Å². The maximum Gasteiger partial charge on any atom is 0.260 e. The number of nitrogen functional groups attached to an aromatic ring is 1. The third-order valence-electron chi connectivity index (χ3n) is 4.79. The number of nitrogens with two attached hydrogens (primary N) is 1. The number of rotatable bonds is 3. The summed E-state index contributed by atoms with van der Waals surface area (Å²) in [4.78, 5) is 21.2. The van der Waals surface area contributed by atoms with Crippen LogP contribution in [0.4, 0.5) is 11.6 Å². The first-order valence-electron chi connectivity index (χ1n) is 8.68. The number of carbonyl (C=O) groups is 1. The van der Waals surface area contributed by atoms with Crippen molar-refractivity contribution < 1.29 is 4.79 Å². The molecular formula is C19H20N6O. The zero-order valence-electron chi connectivity index (χ0n) is 14.5. The number of amides is 1. The molecule has 0 unspecified atom stereocenters. The highest BCUT2D eigenvalue weighted by Crippen LogP contribution is 2.27. The molecule has 0 radical (unpaired) electrons. The Labute approximate surface area is 151 Å². The second-order valence-corrected chi connectivity index (χ2v) is 6.50. The summed E-state index contributed by atoms with van der Waals surface area (Å²) >= 11 is 0. The molecule has 7 heteroatoms.